The Kier molecular flexibility index (Phi) is 15.2. The van der Waals surface area contributed by atoms with Crippen molar-refractivity contribution in [3.63, 3.8) is 0 Å². The van der Waals surface area contributed by atoms with Gasteiger partial charge in [0.25, 0.3) is 0 Å². The molecule has 0 spiro atoms. The molecular formula is C67H71N. The molecule has 0 saturated heterocycles. The van der Waals surface area contributed by atoms with Crippen LogP contribution in [-0.4, -0.2) is 0 Å². The monoisotopic (exact) mass is 890 g/mol. The lowest BCUT2D eigenvalue weighted by Gasteiger charge is -2.33. The van der Waals surface area contributed by atoms with Gasteiger partial charge in [0.1, 0.15) is 0 Å². The highest BCUT2D eigenvalue weighted by Gasteiger charge is 2.42. The highest BCUT2D eigenvalue weighted by molar-refractivity contribution is 5.86. The number of hydrogen-bond donors (Lipinski definition) is 0. The molecule has 0 atom stereocenters. The maximum absolute atomic E-state index is 2.60. The summed E-state index contributed by atoms with van der Waals surface area (Å²) in [5, 5.41) is 0. The molecule has 0 radical (unpaired) electrons. The lowest BCUT2D eigenvalue weighted by molar-refractivity contribution is 0.398. The first-order valence-electron chi connectivity index (χ1n) is 26.0. The van der Waals surface area contributed by atoms with E-state index in [0.717, 1.165) is 17.1 Å². The fourth-order valence-corrected chi connectivity index (χ4v) is 11.1. The van der Waals surface area contributed by atoms with Crippen LogP contribution in [0.1, 0.15) is 126 Å². The van der Waals surface area contributed by atoms with Crippen LogP contribution in [0, 0.1) is 13.8 Å². The summed E-state index contributed by atoms with van der Waals surface area (Å²) >= 11 is 0. The minimum Gasteiger partial charge on any atom is -0.311 e. The Morgan fingerprint density at radius 2 is 0.691 bits per heavy atom. The lowest BCUT2D eigenvalue weighted by atomic mass is 9.70. The van der Waals surface area contributed by atoms with E-state index in [4.69, 9.17) is 0 Å². The first-order valence-corrected chi connectivity index (χ1v) is 26.0. The van der Waals surface area contributed by atoms with Gasteiger partial charge >= 0.3 is 0 Å². The molecule has 344 valence electrons. The molecule has 8 aromatic rings. The molecule has 0 aromatic heterocycles. The van der Waals surface area contributed by atoms with Crippen molar-refractivity contribution in [2.24, 2.45) is 0 Å². The van der Waals surface area contributed by atoms with Crippen LogP contribution in [-0.2, 0) is 5.41 Å². The molecule has 0 aliphatic heterocycles. The third kappa shape index (κ3) is 10.5. The molecule has 0 bridgehead atoms. The summed E-state index contributed by atoms with van der Waals surface area (Å²) in [6.45, 7) is 9.09. The smallest absolute Gasteiger partial charge is 0.0462 e. The van der Waals surface area contributed by atoms with E-state index >= 15 is 0 Å². The maximum Gasteiger partial charge on any atom is 0.0462 e. The number of hydrogen-bond acceptors (Lipinski definition) is 1. The Morgan fingerprint density at radius 1 is 0.309 bits per heavy atom. The molecule has 0 heterocycles. The fourth-order valence-electron chi connectivity index (χ4n) is 11.1. The van der Waals surface area contributed by atoms with Crippen LogP contribution in [0.25, 0.3) is 55.6 Å². The summed E-state index contributed by atoms with van der Waals surface area (Å²) in [6, 6.07) is 70.6. The third-order valence-corrected chi connectivity index (χ3v) is 14.8. The van der Waals surface area contributed by atoms with Crippen LogP contribution in [0.2, 0.25) is 0 Å². The summed E-state index contributed by atoms with van der Waals surface area (Å²) in [6.07, 6.45) is 18.4. The van der Waals surface area contributed by atoms with Gasteiger partial charge in [-0.2, -0.15) is 0 Å². The highest BCUT2D eigenvalue weighted by Crippen LogP contribution is 2.55. The Morgan fingerprint density at radius 3 is 1.24 bits per heavy atom. The van der Waals surface area contributed by atoms with Crippen LogP contribution in [0.4, 0.5) is 17.1 Å². The van der Waals surface area contributed by atoms with Gasteiger partial charge in [0, 0.05) is 22.5 Å². The molecule has 0 unspecified atom stereocenters. The second-order valence-electron chi connectivity index (χ2n) is 19.7. The van der Waals surface area contributed by atoms with E-state index in [1.54, 1.807) is 11.1 Å². The number of fused-ring (bicyclic) bond motifs is 3. The second-order valence-corrected chi connectivity index (χ2v) is 19.7. The minimum absolute atomic E-state index is 0.0598. The first-order chi connectivity index (χ1) is 33.4. The molecule has 9 rings (SSSR count). The Bertz CT molecular complexity index is 2850. The quantitative estimate of drug-likeness (QED) is 0.0650. The number of benzene rings is 8. The molecule has 1 aliphatic carbocycles. The molecular weight excluding hydrogens is 819 g/mol. The van der Waals surface area contributed by atoms with Crippen LogP contribution in [0.3, 0.4) is 0 Å². The predicted octanol–water partition coefficient (Wildman–Crippen LogP) is 20.2. The summed E-state index contributed by atoms with van der Waals surface area (Å²) < 4.78 is 0. The number of unbranched alkanes of at least 4 members (excludes halogenated alkanes) is 10. The zero-order valence-electron chi connectivity index (χ0n) is 41.2. The van der Waals surface area contributed by atoms with E-state index < -0.39 is 0 Å². The summed E-state index contributed by atoms with van der Waals surface area (Å²) in [5.74, 6) is 0. The van der Waals surface area contributed by atoms with Gasteiger partial charge in [-0.1, -0.05) is 242 Å². The van der Waals surface area contributed by atoms with Crippen molar-refractivity contribution in [2.45, 2.75) is 123 Å². The molecule has 0 N–H and O–H groups in total. The molecule has 68 heavy (non-hydrogen) atoms. The van der Waals surface area contributed by atoms with Gasteiger partial charge in [-0.3, -0.25) is 0 Å². The predicted molar refractivity (Wildman–Crippen MR) is 295 cm³/mol. The largest absolute Gasteiger partial charge is 0.311 e. The summed E-state index contributed by atoms with van der Waals surface area (Å²) in [4.78, 5) is 2.38. The SMILES string of the molecule is CCCCCCCCC1(CCCCCCCC)c2cc(C)ccc2-c2ccc(-c3cccc(-c4ccc(N(c5ccc(-c6ccccc6)cc5)c5ccc(-c6cccc(C)c6)cc5)cc4)c3)cc21. The van der Waals surface area contributed by atoms with Gasteiger partial charge in [-0.25, -0.2) is 0 Å². The Labute approximate surface area is 409 Å². The van der Waals surface area contributed by atoms with Crippen LogP contribution < -0.4 is 4.90 Å². The first kappa shape index (κ1) is 46.7. The molecule has 1 nitrogen and oxygen atoms in total. The maximum atomic E-state index is 2.60. The van der Waals surface area contributed by atoms with Crippen molar-refractivity contribution in [2.75, 3.05) is 4.90 Å². The Balaban J connectivity index is 1.02. The fraction of sp³-hybridized carbons (Fsp3) is 0.284. The van der Waals surface area contributed by atoms with Crippen molar-refractivity contribution in [3.8, 4) is 55.6 Å². The molecule has 0 amide bonds. The zero-order chi connectivity index (χ0) is 46.7. The van der Waals surface area contributed by atoms with Crippen molar-refractivity contribution in [3.05, 3.63) is 210 Å². The van der Waals surface area contributed by atoms with E-state index in [-0.39, 0.29) is 5.41 Å². The average molecular weight is 890 g/mol. The van der Waals surface area contributed by atoms with Gasteiger partial charge < -0.3 is 4.90 Å². The molecule has 8 aromatic carbocycles. The number of aryl methyl sites for hydroxylation is 2. The number of rotatable bonds is 21. The van der Waals surface area contributed by atoms with Gasteiger partial charge in [-0.15, -0.1) is 0 Å². The van der Waals surface area contributed by atoms with E-state index in [1.165, 1.54) is 157 Å². The topological polar surface area (TPSA) is 3.24 Å². The summed E-state index contributed by atoms with van der Waals surface area (Å²) in [5.41, 5.74) is 22.1. The van der Waals surface area contributed by atoms with Crippen molar-refractivity contribution in [1.82, 2.24) is 0 Å². The standard InChI is InChI=1S/C67H71N/c1-5-7-9-11-13-18-44-67(45-19-14-12-10-8-6-2)65-47-51(4)28-42-63(65)64-43-35-59(49-66(64)67)58-27-21-26-57(48-58)55-33-40-62(41-34-55)68(60-36-29-53(30-37-60)52-23-16-15-17-24-52)61-38-31-54(32-39-61)56-25-20-22-50(3)46-56/h15-17,20-43,46-49H,5-14,18-19,44-45H2,1-4H3. The van der Waals surface area contributed by atoms with Gasteiger partial charge in [0.15, 0.2) is 0 Å². The molecule has 0 fully saturated rings. The second kappa shape index (κ2) is 22.1. The van der Waals surface area contributed by atoms with Crippen LogP contribution >= 0.6 is 0 Å². The van der Waals surface area contributed by atoms with Crippen molar-refractivity contribution >= 4 is 17.1 Å². The van der Waals surface area contributed by atoms with Crippen LogP contribution in [0.15, 0.2) is 188 Å². The molecule has 1 aliphatic rings. The number of anilines is 3. The Hall–Kier alpha value is -6.44. The zero-order valence-corrected chi connectivity index (χ0v) is 41.2. The van der Waals surface area contributed by atoms with Crippen molar-refractivity contribution in [1.29, 1.82) is 0 Å². The van der Waals surface area contributed by atoms with E-state index in [9.17, 15) is 0 Å². The average Bonchev–Trinajstić information content (AvgIpc) is 3.64. The van der Waals surface area contributed by atoms with Crippen molar-refractivity contribution < 1.29 is 0 Å². The van der Waals surface area contributed by atoms with Gasteiger partial charge in [0.2, 0.25) is 0 Å². The number of nitrogens with zero attached hydrogens (tertiary/aromatic N) is 1. The third-order valence-electron chi connectivity index (χ3n) is 14.8. The molecule has 0 saturated carbocycles. The minimum atomic E-state index is 0.0598. The van der Waals surface area contributed by atoms with Gasteiger partial charge in [-0.05, 0) is 142 Å². The highest BCUT2D eigenvalue weighted by atomic mass is 15.1. The van der Waals surface area contributed by atoms with E-state index in [0.29, 0.717) is 0 Å². The summed E-state index contributed by atoms with van der Waals surface area (Å²) in [7, 11) is 0. The van der Waals surface area contributed by atoms with E-state index in [2.05, 4.69) is 221 Å². The van der Waals surface area contributed by atoms with Crippen LogP contribution in [0.5, 0.6) is 0 Å². The van der Waals surface area contributed by atoms with E-state index in [1.807, 2.05) is 0 Å². The lowest BCUT2D eigenvalue weighted by Crippen LogP contribution is -2.25. The van der Waals surface area contributed by atoms with Gasteiger partial charge in [0.05, 0.1) is 0 Å². The molecule has 1 heteroatoms. The normalized spacial score (nSPS) is 12.5.